The number of benzene rings is 1. The number of carbonyl (C=O) groups is 1. The van der Waals surface area contributed by atoms with E-state index >= 15 is 0 Å². The standard InChI is InChI=1S/C13H12BrClN2O/c1-17-3-2-9(8-17)7-16-13(18)10-4-11(14)6-12(15)5-10/h2-6,8H,7H2,1H3,(H,16,18). The number of carbonyl (C=O) groups excluding carboxylic acids is 1. The molecule has 1 N–H and O–H groups in total. The molecule has 2 aromatic rings. The Hall–Kier alpha value is -1.26. The maximum absolute atomic E-state index is 11.9. The van der Waals surface area contributed by atoms with Crippen molar-refractivity contribution in [2.45, 2.75) is 6.54 Å². The van der Waals surface area contributed by atoms with Crippen LogP contribution in [-0.2, 0) is 13.6 Å². The van der Waals surface area contributed by atoms with Crippen molar-refractivity contribution in [3.63, 3.8) is 0 Å². The van der Waals surface area contributed by atoms with Gasteiger partial charge in [0.1, 0.15) is 0 Å². The molecule has 1 heterocycles. The molecule has 0 atom stereocenters. The largest absolute Gasteiger partial charge is 0.357 e. The van der Waals surface area contributed by atoms with Crippen molar-refractivity contribution in [2.24, 2.45) is 7.05 Å². The molecule has 18 heavy (non-hydrogen) atoms. The van der Waals surface area contributed by atoms with E-state index in [-0.39, 0.29) is 5.91 Å². The smallest absolute Gasteiger partial charge is 0.251 e. The molecule has 0 saturated carbocycles. The molecular weight excluding hydrogens is 316 g/mol. The molecule has 0 aliphatic rings. The minimum atomic E-state index is -0.137. The van der Waals surface area contributed by atoms with Gasteiger partial charge in [0, 0.05) is 41.0 Å². The lowest BCUT2D eigenvalue weighted by Gasteiger charge is -2.05. The molecule has 5 heteroatoms. The first kappa shape index (κ1) is 13.2. The molecule has 0 aliphatic heterocycles. The van der Waals surface area contributed by atoms with Crippen LogP contribution in [0.4, 0.5) is 0 Å². The van der Waals surface area contributed by atoms with Crippen molar-refractivity contribution >= 4 is 33.4 Å². The summed E-state index contributed by atoms with van der Waals surface area (Å²) < 4.78 is 2.73. The second kappa shape index (κ2) is 5.59. The van der Waals surface area contributed by atoms with Crippen LogP contribution < -0.4 is 5.32 Å². The SMILES string of the molecule is Cn1ccc(CNC(=O)c2cc(Cl)cc(Br)c2)c1. The zero-order valence-electron chi connectivity index (χ0n) is 9.78. The van der Waals surface area contributed by atoms with Gasteiger partial charge in [-0.1, -0.05) is 27.5 Å². The third-order valence-corrected chi connectivity index (χ3v) is 3.15. The Morgan fingerprint density at radius 1 is 1.44 bits per heavy atom. The van der Waals surface area contributed by atoms with E-state index in [1.54, 1.807) is 18.2 Å². The van der Waals surface area contributed by atoms with Gasteiger partial charge in [0.05, 0.1) is 0 Å². The maximum atomic E-state index is 11.9. The highest BCUT2D eigenvalue weighted by Crippen LogP contribution is 2.19. The summed E-state index contributed by atoms with van der Waals surface area (Å²) in [6.45, 7) is 0.504. The molecule has 0 radical (unpaired) electrons. The van der Waals surface area contributed by atoms with Crippen LogP contribution in [0, 0.1) is 0 Å². The van der Waals surface area contributed by atoms with Gasteiger partial charge in [-0.15, -0.1) is 0 Å². The summed E-state index contributed by atoms with van der Waals surface area (Å²) in [7, 11) is 1.94. The number of rotatable bonds is 3. The Labute approximate surface area is 119 Å². The molecule has 3 nitrogen and oxygen atoms in total. The zero-order chi connectivity index (χ0) is 13.1. The molecule has 0 unspecified atom stereocenters. The second-order valence-corrected chi connectivity index (χ2v) is 5.38. The van der Waals surface area contributed by atoms with E-state index in [9.17, 15) is 4.79 Å². The van der Waals surface area contributed by atoms with Gasteiger partial charge in [0.15, 0.2) is 0 Å². The van der Waals surface area contributed by atoms with Crippen molar-refractivity contribution in [3.05, 3.63) is 57.3 Å². The first-order chi connectivity index (χ1) is 8.54. The number of nitrogens with one attached hydrogen (secondary N) is 1. The van der Waals surface area contributed by atoms with Crippen molar-refractivity contribution in [3.8, 4) is 0 Å². The average molecular weight is 328 g/mol. The molecular formula is C13H12BrClN2O. The number of aryl methyl sites for hydroxylation is 1. The second-order valence-electron chi connectivity index (χ2n) is 4.03. The first-order valence-corrected chi connectivity index (χ1v) is 6.57. The van der Waals surface area contributed by atoms with E-state index < -0.39 is 0 Å². The number of hydrogen-bond acceptors (Lipinski definition) is 1. The van der Waals surface area contributed by atoms with E-state index in [2.05, 4.69) is 21.2 Å². The van der Waals surface area contributed by atoms with Gasteiger partial charge >= 0.3 is 0 Å². The molecule has 0 aliphatic carbocycles. The van der Waals surface area contributed by atoms with Crippen LogP contribution in [0.1, 0.15) is 15.9 Å². The minimum Gasteiger partial charge on any atom is -0.357 e. The highest BCUT2D eigenvalue weighted by Gasteiger charge is 2.07. The number of nitrogens with zero attached hydrogens (tertiary/aromatic N) is 1. The van der Waals surface area contributed by atoms with Gasteiger partial charge in [-0.3, -0.25) is 4.79 Å². The molecule has 0 fully saturated rings. The van der Waals surface area contributed by atoms with Gasteiger partial charge in [0.2, 0.25) is 0 Å². The Morgan fingerprint density at radius 3 is 2.83 bits per heavy atom. The molecule has 94 valence electrons. The normalized spacial score (nSPS) is 10.4. The summed E-state index contributed by atoms with van der Waals surface area (Å²) >= 11 is 9.21. The fourth-order valence-electron chi connectivity index (χ4n) is 1.63. The third-order valence-electron chi connectivity index (χ3n) is 2.47. The van der Waals surface area contributed by atoms with Crippen molar-refractivity contribution in [1.82, 2.24) is 9.88 Å². The van der Waals surface area contributed by atoms with Gasteiger partial charge in [-0.05, 0) is 29.8 Å². The highest BCUT2D eigenvalue weighted by molar-refractivity contribution is 9.10. The van der Waals surface area contributed by atoms with Crippen LogP contribution in [0.25, 0.3) is 0 Å². The van der Waals surface area contributed by atoms with E-state index in [1.807, 2.05) is 30.1 Å². The molecule has 0 saturated heterocycles. The summed E-state index contributed by atoms with van der Waals surface area (Å²) in [4.78, 5) is 11.9. The monoisotopic (exact) mass is 326 g/mol. The van der Waals surface area contributed by atoms with Crippen LogP contribution in [0.5, 0.6) is 0 Å². The third kappa shape index (κ3) is 3.37. The average Bonchev–Trinajstić information content (AvgIpc) is 2.70. The predicted octanol–water partition coefficient (Wildman–Crippen LogP) is 3.37. The summed E-state index contributed by atoms with van der Waals surface area (Å²) in [6, 6.07) is 7.10. The predicted molar refractivity (Wildman–Crippen MR) is 75.7 cm³/mol. The molecule has 2 rings (SSSR count). The van der Waals surface area contributed by atoms with Crippen LogP contribution in [0.2, 0.25) is 5.02 Å². The Balaban J connectivity index is 2.03. The van der Waals surface area contributed by atoms with E-state index in [1.165, 1.54) is 0 Å². The lowest BCUT2D eigenvalue weighted by molar-refractivity contribution is 0.0951. The maximum Gasteiger partial charge on any atom is 0.251 e. The van der Waals surface area contributed by atoms with Crippen LogP contribution in [0.15, 0.2) is 41.1 Å². The fraction of sp³-hybridized carbons (Fsp3) is 0.154. The Morgan fingerprint density at radius 2 is 2.22 bits per heavy atom. The molecule has 1 aromatic carbocycles. The first-order valence-electron chi connectivity index (χ1n) is 5.40. The van der Waals surface area contributed by atoms with Crippen molar-refractivity contribution in [2.75, 3.05) is 0 Å². The topological polar surface area (TPSA) is 34.0 Å². The van der Waals surface area contributed by atoms with Gasteiger partial charge in [0.25, 0.3) is 5.91 Å². The Bertz CT molecular complexity index is 560. The summed E-state index contributed by atoms with van der Waals surface area (Å²) in [5.74, 6) is -0.137. The van der Waals surface area contributed by atoms with E-state index in [0.717, 1.165) is 10.0 Å². The number of hydrogen-bond donors (Lipinski definition) is 1. The van der Waals surface area contributed by atoms with Crippen LogP contribution in [0.3, 0.4) is 0 Å². The lowest BCUT2D eigenvalue weighted by atomic mass is 10.2. The quantitative estimate of drug-likeness (QED) is 0.921. The summed E-state index contributed by atoms with van der Waals surface area (Å²) in [6.07, 6.45) is 3.91. The lowest BCUT2D eigenvalue weighted by Crippen LogP contribution is -2.22. The van der Waals surface area contributed by atoms with Crippen molar-refractivity contribution in [1.29, 1.82) is 0 Å². The van der Waals surface area contributed by atoms with Gasteiger partial charge in [-0.2, -0.15) is 0 Å². The van der Waals surface area contributed by atoms with Crippen LogP contribution in [-0.4, -0.2) is 10.5 Å². The number of amides is 1. The van der Waals surface area contributed by atoms with Crippen molar-refractivity contribution < 1.29 is 4.79 Å². The van der Waals surface area contributed by atoms with E-state index in [4.69, 9.17) is 11.6 Å². The fourth-order valence-corrected chi connectivity index (χ4v) is 2.49. The summed E-state index contributed by atoms with van der Waals surface area (Å²) in [5, 5.41) is 3.39. The highest BCUT2D eigenvalue weighted by atomic mass is 79.9. The number of aromatic nitrogens is 1. The van der Waals surface area contributed by atoms with Gasteiger partial charge < -0.3 is 9.88 Å². The minimum absolute atomic E-state index is 0.137. The van der Waals surface area contributed by atoms with Gasteiger partial charge in [-0.25, -0.2) is 0 Å². The zero-order valence-corrected chi connectivity index (χ0v) is 12.1. The van der Waals surface area contributed by atoms with E-state index in [0.29, 0.717) is 17.1 Å². The molecule has 0 bridgehead atoms. The molecule has 0 spiro atoms. The molecule has 1 amide bonds. The summed E-state index contributed by atoms with van der Waals surface area (Å²) in [5.41, 5.74) is 1.61. The number of halogens is 2. The van der Waals surface area contributed by atoms with Crippen LogP contribution >= 0.6 is 27.5 Å². The molecule has 1 aromatic heterocycles. The Kier molecular flexibility index (Phi) is 4.09.